The van der Waals surface area contributed by atoms with E-state index in [9.17, 15) is 9.59 Å². The molecule has 0 spiro atoms. The van der Waals surface area contributed by atoms with E-state index in [-0.39, 0.29) is 25.2 Å². The van der Waals surface area contributed by atoms with Gasteiger partial charge in [0.2, 0.25) is 0 Å². The van der Waals surface area contributed by atoms with Gasteiger partial charge in [-0.2, -0.15) is 0 Å². The maximum Gasteiger partial charge on any atom is 0.305 e. The lowest BCUT2D eigenvalue weighted by molar-refractivity contribution is -0.155. The lowest BCUT2D eigenvalue weighted by atomic mass is 10.0. The van der Waals surface area contributed by atoms with Crippen LogP contribution >= 0.6 is 0 Å². The van der Waals surface area contributed by atoms with Crippen LogP contribution in [0.3, 0.4) is 0 Å². The number of carbonyl (C=O) groups excluding carboxylic acids is 2. The van der Waals surface area contributed by atoms with E-state index in [1.807, 2.05) is 0 Å². The van der Waals surface area contributed by atoms with Crippen LogP contribution < -0.4 is 0 Å². The average molecular weight is 950 g/mol. The first-order chi connectivity index (χ1) is 33.6. The summed E-state index contributed by atoms with van der Waals surface area (Å²) < 4.78 is 17.5. The summed E-state index contributed by atoms with van der Waals surface area (Å²) in [4.78, 5) is 25.3. The third-order valence-corrected chi connectivity index (χ3v) is 12.8. The zero-order valence-corrected chi connectivity index (χ0v) is 45.4. The molecule has 0 N–H and O–H groups in total. The van der Waals surface area contributed by atoms with Gasteiger partial charge in [0.1, 0.15) is 19.3 Å². The van der Waals surface area contributed by atoms with E-state index in [0.717, 1.165) is 89.9 Å². The fourth-order valence-electron chi connectivity index (χ4n) is 8.33. The number of carbonyl (C=O) groups is 2. The first-order valence-corrected chi connectivity index (χ1v) is 29.5. The first kappa shape index (κ1) is 65.3. The number of rotatable bonds is 54. The third-order valence-electron chi connectivity index (χ3n) is 12.8. The largest absolute Gasteiger partial charge is 0.463 e. The van der Waals surface area contributed by atoms with E-state index in [2.05, 4.69) is 93.7 Å². The van der Waals surface area contributed by atoms with Crippen LogP contribution in [0.4, 0.5) is 0 Å². The van der Waals surface area contributed by atoms with Gasteiger partial charge in [-0.3, -0.25) is 9.59 Å². The molecule has 0 aliphatic carbocycles. The van der Waals surface area contributed by atoms with Crippen molar-refractivity contribution in [1.82, 2.24) is 0 Å². The standard InChI is InChI=1S/C63H112O5/c1-4-7-10-13-16-19-22-25-28-31-32-34-36-39-42-45-48-51-54-57-63(65)68-60-61(66-58-55-52-49-46-43-40-37-30-27-24-21-18-15-12-9-6-3)59-67-62(64)56-53-50-47-44-41-38-35-33-29-26-23-20-17-14-11-8-5-2/h8,11,16-17,19-20,25-26,28-29,35,38,61H,4-7,9-10,12-15,18,21-24,27,30-34,36-37,39-60H2,1-3H3/b11-8-,19-16-,20-17-,28-25-,29-26-,38-35-/t61-/m1/s1. The molecule has 0 bridgehead atoms. The van der Waals surface area contributed by atoms with Gasteiger partial charge in [0.15, 0.2) is 0 Å². The molecule has 1 atom stereocenters. The van der Waals surface area contributed by atoms with E-state index < -0.39 is 6.10 Å². The van der Waals surface area contributed by atoms with Crippen molar-refractivity contribution in [3.05, 3.63) is 72.9 Å². The Morgan fingerprint density at radius 1 is 0.324 bits per heavy atom. The molecule has 0 aliphatic heterocycles. The smallest absolute Gasteiger partial charge is 0.305 e. The Bertz CT molecular complexity index is 1210. The van der Waals surface area contributed by atoms with Crippen molar-refractivity contribution in [3.63, 3.8) is 0 Å². The fraction of sp³-hybridized carbons (Fsp3) is 0.778. The predicted octanol–water partition coefficient (Wildman–Crippen LogP) is 20.2. The summed E-state index contributed by atoms with van der Waals surface area (Å²) in [6.45, 7) is 7.60. The normalized spacial score (nSPS) is 12.7. The Kier molecular flexibility index (Phi) is 56.4. The van der Waals surface area contributed by atoms with Crippen molar-refractivity contribution < 1.29 is 23.8 Å². The molecular weight excluding hydrogens is 837 g/mol. The summed E-state index contributed by atoms with van der Waals surface area (Å²) in [7, 11) is 0. The van der Waals surface area contributed by atoms with Gasteiger partial charge >= 0.3 is 11.9 Å². The Labute approximate surface area is 423 Å². The Balaban J connectivity index is 4.29. The molecule has 0 heterocycles. The molecule has 5 nitrogen and oxygen atoms in total. The van der Waals surface area contributed by atoms with Crippen LogP contribution in [0.5, 0.6) is 0 Å². The molecule has 0 fully saturated rings. The Morgan fingerprint density at radius 3 is 0.971 bits per heavy atom. The molecule has 0 aromatic rings. The van der Waals surface area contributed by atoms with Gasteiger partial charge in [0.25, 0.3) is 0 Å². The first-order valence-electron chi connectivity index (χ1n) is 29.5. The van der Waals surface area contributed by atoms with Crippen molar-refractivity contribution in [2.24, 2.45) is 0 Å². The molecule has 0 unspecified atom stereocenters. The number of allylic oxidation sites excluding steroid dienone is 12. The van der Waals surface area contributed by atoms with Crippen molar-refractivity contribution in [1.29, 1.82) is 0 Å². The Morgan fingerprint density at radius 2 is 0.603 bits per heavy atom. The summed E-state index contributed by atoms with van der Waals surface area (Å²) in [5.41, 5.74) is 0. The zero-order valence-electron chi connectivity index (χ0n) is 45.4. The van der Waals surface area contributed by atoms with Gasteiger partial charge in [-0.1, -0.05) is 261 Å². The highest BCUT2D eigenvalue weighted by Gasteiger charge is 2.16. The third kappa shape index (κ3) is 55.9. The van der Waals surface area contributed by atoms with E-state index in [1.165, 1.54) is 167 Å². The summed E-state index contributed by atoms with van der Waals surface area (Å²) in [5, 5.41) is 0. The van der Waals surface area contributed by atoms with E-state index in [4.69, 9.17) is 14.2 Å². The maximum absolute atomic E-state index is 12.7. The molecule has 394 valence electrons. The summed E-state index contributed by atoms with van der Waals surface area (Å²) >= 11 is 0. The quantitative estimate of drug-likeness (QED) is 0.0345. The van der Waals surface area contributed by atoms with E-state index in [0.29, 0.717) is 19.4 Å². The average Bonchev–Trinajstić information content (AvgIpc) is 3.34. The predicted molar refractivity (Wildman–Crippen MR) is 297 cm³/mol. The van der Waals surface area contributed by atoms with Crippen LogP contribution in [0.15, 0.2) is 72.9 Å². The molecular formula is C63H112O5. The molecule has 68 heavy (non-hydrogen) atoms. The minimum Gasteiger partial charge on any atom is -0.463 e. The highest BCUT2D eigenvalue weighted by atomic mass is 16.6. The minimum atomic E-state index is -0.413. The van der Waals surface area contributed by atoms with Crippen molar-refractivity contribution in [3.8, 4) is 0 Å². The molecule has 0 aliphatic rings. The minimum absolute atomic E-state index is 0.143. The molecule has 0 aromatic heterocycles. The highest BCUT2D eigenvalue weighted by molar-refractivity contribution is 5.69. The van der Waals surface area contributed by atoms with Crippen LogP contribution in [0, 0.1) is 0 Å². The Hall–Kier alpha value is -2.66. The zero-order chi connectivity index (χ0) is 49.2. The molecule has 0 saturated carbocycles. The van der Waals surface area contributed by atoms with Gasteiger partial charge in [-0.15, -0.1) is 0 Å². The number of hydrogen-bond acceptors (Lipinski definition) is 5. The van der Waals surface area contributed by atoms with E-state index >= 15 is 0 Å². The van der Waals surface area contributed by atoms with Gasteiger partial charge in [0.05, 0.1) is 0 Å². The van der Waals surface area contributed by atoms with Crippen LogP contribution in [0.1, 0.15) is 290 Å². The lowest BCUT2D eigenvalue weighted by Crippen LogP contribution is -2.29. The molecule has 0 amide bonds. The van der Waals surface area contributed by atoms with Crippen LogP contribution in [-0.2, 0) is 23.8 Å². The molecule has 0 aromatic carbocycles. The maximum atomic E-state index is 12.7. The van der Waals surface area contributed by atoms with Gasteiger partial charge in [-0.05, 0) is 89.9 Å². The van der Waals surface area contributed by atoms with Gasteiger partial charge in [0, 0.05) is 19.4 Å². The molecule has 0 radical (unpaired) electrons. The number of ether oxygens (including phenoxy) is 3. The number of unbranched alkanes of at least 4 members (excludes halogenated alkanes) is 31. The highest BCUT2D eigenvalue weighted by Crippen LogP contribution is 2.16. The summed E-state index contributed by atoms with van der Waals surface area (Å²) in [6.07, 6.45) is 76.6. The van der Waals surface area contributed by atoms with Crippen molar-refractivity contribution in [2.75, 3.05) is 19.8 Å². The second-order valence-corrected chi connectivity index (χ2v) is 19.5. The van der Waals surface area contributed by atoms with Crippen molar-refractivity contribution in [2.45, 2.75) is 297 Å². The topological polar surface area (TPSA) is 61.8 Å². The molecule has 0 rings (SSSR count). The molecule has 5 heteroatoms. The lowest BCUT2D eigenvalue weighted by Gasteiger charge is -2.18. The SMILES string of the molecule is CC/C=C\C/C=C\C/C=C\C/C=C\CCCCCCC(=O)OC[C@H](COC(=O)CCCCCCCCCCC/C=C\C/C=C\CCCCC)OCCCCCCCCCCCCCCCCCC. The van der Waals surface area contributed by atoms with Crippen molar-refractivity contribution >= 4 is 11.9 Å². The second-order valence-electron chi connectivity index (χ2n) is 19.5. The fourth-order valence-corrected chi connectivity index (χ4v) is 8.33. The number of hydrogen-bond donors (Lipinski definition) is 0. The second kappa shape index (κ2) is 58.7. The van der Waals surface area contributed by atoms with Gasteiger partial charge < -0.3 is 14.2 Å². The van der Waals surface area contributed by atoms with Gasteiger partial charge in [-0.25, -0.2) is 0 Å². The monoisotopic (exact) mass is 949 g/mol. The summed E-state index contributed by atoms with van der Waals surface area (Å²) in [6, 6.07) is 0. The number of esters is 2. The van der Waals surface area contributed by atoms with Crippen LogP contribution in [-0.4, -0.2) is 37.9 Å². The summed E-state index contributed by atoms with van der Waals surface area (Å²) in [5.74, 6) is -0.356. The van der Waals surface area contributed by atoms with E-state index in [1.54, 1.807) is 0 Å². The molecule has 0 saturated heterocycles. The van der Waals surface area contributed by atoms with Crippen LogP contribution in [0.25, 0.3) is 0 Å². The van der Waals surface area contributed by atoms with Crippen LogP contribution in [0.2, 0.25) is 0 Å².